The molecule has 1 atom stereocenters. The van der Waals surface area contributed by atoms with Gasteiger partial charge in [-0.15, -0.1) is 11.3 Å². The molecule has 0 aliphatic carbocycles. The number of aromatic nitrogens is 5. The molecule has 11 heteroatoms. The fourth-order valence-corrected chi connectivity index (χ4v) is 6.04. The fourth-order valence-electron chi connectivity index (χ4n) is 4.79. The molecule has 4 aromatic rings. The maximum atomic E-state index is 10.0. The van der Waals surface area contributed by atoms with Crippen LogP contribution in [0.2, 0.25) is 0 Å². The molecular weight excluding hydrogens is 476 g/mol. The molecule has 0 radical (unpaired) electrons. The van der Waals surface area contributed by atoms with E-state index in [-0.39, 0.29) is 12.1 Å². The van der Waals surface area contributed by atoms with Crippen molar-refractivity contribution in [2.45, 2.75) is 25.9 Å². The number of pyridine rings is 1. The predicted octanol–water partition coefficient (Wildman–Crippen LogP) is 2.90. The number of β-amino-alcohol motifs (C(OH)–C–C–N with tert-alkyl or cyclic N) is 1. The molecular formula is C25H28N8O2S. The van der Waals surface area contributed by atoms with Crippen LogP contribution in [-0.2, 0) is 4.74 Å². The van der Waals surface area contributed by atoms with Gasteiger partial charge in [-0.25, -0.2) is 24.9 Å². The van der Waals surface area contributed by atoms with E-state index in [1.165, 1.54) is 0 Å². The zero-order valence-electron chi connectivity index (χ0n) is 20.1. The second-order valence-electron chi connectivity index (χ2n) is 9.18. The third kappa shape index (κ3) is 4.34. The average Bonchev–Trinajstić information content (AvgIpc) is 3.25. The van der Waals surface area contributed by atoms with Crippen molar-refractivity contribution in [3.8, 4) is 21.8 Å². The lowest BCUT2D eigenvalue weighted by Gasteiger charge is -2.31. The maximum Gasteiger partial charge on any atom is 0.219 e. The third-order valence-corrected chi connectivity index (χ3v) is 8.04. The first-order valence-electron chi connectivity index (χ1n) is 12.2. The molecule has 2 aliphatic rings. The van der Waals surface area contributed by atoms with Gasteiger partial charge in [-0.3, -0.25) is 0 Å². The van der Waals surface area contributed by atoms with Gasteiger partial charge >= 0.3 is 0 Å². The van der Waals surface area contributed by atoms with Crippen LogP contribution >= 0.6 is 11.3 Å². The van der Waals surface area contributed by atoms with Crippen LogP contribution in [0.3, 0.4) is 0 Å². The number of aliphatic hydroxyl groups excluding tert-OH is 1. The van der Waals surface area contributed by atoms with Crippen LogP contribution in [0.5, 0.6) is 0 Å². The number of nitrogen functional groups attached to an aromatic ring is 1. The normalized spacial score (nSPS) is 18.7. The van der Waals surface area contributed by atoms with Gasteiger partial charge in [0.25, 0.3) is 0 Å². The number of piperidine rings is 1. The van der Waals surface area contributed by atoms with E-state index in [9.17, 15) is 5.11 Å². The van der Waals surface area contributed by atoms with E-state index in [4.69, 9.17) is 25.4 Å². The molecule has 186 valence electrons. The number of anilines is 3. The van der Waals surface area contributed by atoms with Gasteiger partial charge in [0, 0.05) is 55.2 Å². The number of nitrogens with zero attached hydrogens (tertiary/aromatic N) is 7. The van der Waals surface area contributed by atoms with Gasteiger partial charge in [0.2, 0.25) is 5.95 Å². The minimum atomic E-state index is -0.289. The van der Waals surface area contributed by atoms with Crippen LogP contribution in [0.4, 0.5) is 17.6 Å². The summed E-state index contributed by atoms with van der Waals surface area (Å²) in [4.78, 5) is 28.4. The highest BCUT2D eigenvalue weighted by molar-refractivity contribution is 7.23. The average molecular weight is 505 g/mol. The van der Waals surface area contributed by atoms with Crippen molar-refractivity contribution in [1.29, 1.82) is 0 Å². The van der Waals surface area contributed by atoms with Crippen molar-refractivity contribution >= 4 is 39.1 Å². The summed E-state index contributed by atoms with van der Waals surface area (Å²) in [5, 5.41) is 10.0. The molecule has 0 spiro atoms. The molecule has 4 aromatic heterocycles. The predicted molar refractivity (Wildman–Crippen MR) is 141 cm³/mol. The van der Waals surface area contributed by atoms with Gasteiger partial charge in [0.1, 0.15) is 5.82 Å². The fraction of sp³-hybridized carbons (Fsp3) is 0.400. The van der Waals surface area contributed by atoms with Crippen molar-refractivity contribution in [1.82, 2.24) is 24.9 Å². The van der Waals surface area contributed by atoms with Gasteiger partial charge < -0.3 is 25.4 Å². The Morgan fingerprint density at radius 2 is 1.78 bits per heavy atom. The standard InChI is InChI=1S/C25H28N8O2S/c1-15-20-22(36-21(15)16-4-5-19(27-11-16)33-6-2-3-18(34)14-33)24(32-7-9-35-10-8-32)31-23(30-20)17-12-28-25(26)29-13-17/h4-5,11-13,18,34H,2-3,6-10,14H2,1H3,(H2,26,28,29). The maximum absolute atomic E-state index is 10.0. The summed E-state index contributed by atoms with van der Waals surface area (Å²) in [6.07, 6.45) is 6.79. The van der Waals surface area contributed by atoms with Crippen molar-refractivity contribution in [3.05, 3.63) is 36.3 Å². The Labute approximate surface area is 212 Å². The number of hydrogen-bond acceptors (Lipinski definition) is 11. The molecule has 6 heterocycles. The van der Waals surface area contributed by atoms with E-state index in [1.807, 2.05) is 12.3 Å². The number of nitrogens with two attached hydrogens (primary N) is 1. The molecule has 0 bridgehead atoms. The van der Waals surface area contributed by atoms with E-state index >= 15 is 0 Å². The summed E-state index contributed by atoms with van der Waals surface area (Å²) < 4.78 is 6.63. The summed E-state index contributed by atoms with van der Waals surface area (Å²) in [5.74, 6) is 2.60. The zero-order chi connectivity index (χ0) is 24.6. The minimum Gasteiger partial charge on any atom is -0.391 e. The number of aryl methyl sites for hydroxylation is 1. The van der Waals surface area contributed by atoms with Crippen LogP contribution in [0.15, 0.2) is 30.7 Å². The van der Waals surface area contributed by atoms with Crippen molar-refractivity contribution in [2.75, 3.05) is 54.9 Å². The van der Waals surface area contributed by atoms with Crippen LogP contribution in [0.25, 0.3) is 32.0 Å². The Kier molecular flexibility index (Phi) is 6.12. The summed E-state index contributed by atoms with van der Waals surface area (Å²) in [5.41, 5.74) is 9.47. The Balaban J connectivity index is 1.42. The monoisotopic (exact) mass is 504 g/mol. The largest absolute Gasteiger partial charge is 0.391 e. The highest BCUT2D eigenvalue weighted by atomic mass is 32.1. The molecule has 2 aliphatic heterocycles. The molecule has 3 N–H and O–H groups in total. The second-order valence-corrected chi connectivity index (χ2v) is 10.2. The number of fused-ring (bicyclic) bond motifs is 1. The van der Waals surface area contributed by atoms with E-state index in [0.717, 1.165) is 75.9 Å². The number of morpholine rings is 1. The highest BCUT2D eigenvalue weighted by Crippen LogP contribution is 2.42. The van der Waals surface area contributed by atoms with Crippen LogP contribution < -0.4 is 15.5 Å². The van der Waals surface area contributed by atoms with Gasteiger partial charge in [0.15, 0.2) is 11.6 Å². The SMILES string of the molecule is Cc1c(-c2ccc(N3CCCC(O)C3)nc2)sc2c(N3CCOCC3)nc(-c3cnc(N)nc3)nc12. The number of ether oxygens (including phenoxy) is 1. The number of thiophene rings is 1. The lowest BCUT2D eigenvalue weighted by atomic mass is 10.1. The van der Waals surface area contributed by atoms with Gasteiger partial charge in [-0.2, -0.15) is 0 Å². The smallest absolute Gasteiger partial charge is 0.219 e. The van der Waals surface area contributed by atoms with E-state index < -0.39 is 0 Å². The van der Waals surface area contributed by atoms with E-state index in [1.54, 1.807) is 23.7 Å². The third-order valence-electron chi connectivity index (χ3n) is 6.72. The van der Waals surface area contributed by atoms with Crippen LogP contribution in [0, 0.1) is 6.92 Å². The van der Waals surface area contributed by atoms with Crippen molar-refractivity contribution in [2.24, 2.45) is 0 Å². The summed E-state index contributed by atoms with van der Waals surface area (Å²) in [6, 6.07) is 4.15. The second kappa shape index (κ2) is 9.57. The lowest BCUT2D eigenvalue weighted by molar-refractivity contribution is 0.122. The summed E-state index contributed by atoms with van der Waals surface area (Å²) in [7, 11) is 0. The number of aliphatic hydroxyl groups is 1. The minimum absolute atomic E-state index is 0.220. The highest BCUT2D eigenvalue weighted by Gasteiger charge is 2.24. The first kappa shape index (κ1) is 23.0. The zero-order valence-corrected chi connectivity index (χ0v) is 20.9. The van der Waals surface area contributed by atoms with Gasteiger partial charge in [0.05, 0.1) is 35.1 Å². The van der Waals surface area contributed by atoms with Crippen LogP contribution in [0.1, 0.15) is 18.4 Å². The van der Waals surface area contributed by atoms with Crippen molar-refractivity contribution < 1.29 is 9.84 Å². The Bertz CT molecular complexity index is 1370. The van der Waals surface area contributed by atoms with Crippen LogP contribution in [-0.4, -0.2) is 75.5 Å². The Hall–Kier alpha value is -3.41. The first-order valence-corrected chi connectivity index (χ1v) is 13.0. The summed E-state index contributed by atoms with van der Waals surface area (Å²) in [6.45, 7) is 6.52. The molecule has 36 heavy (non-hydrogen) atoms. The molecule has 0 aromatic carbocycles. The molecule has 2 fully saturated rings. The topological polar surface area (TPSA) is 126 Å². The molecule has 0 amide bonds. The van der Waals surface area contributed by atoms with E-state index in [0.29, 0.717) is 25.6 Å². The quantitative estimate of drug-likeness (QED) is 0.428. The lowest BCUT2D eigenvalue weighted by Crippen LogP contribution is -2.38. The number of hydrogen-bond donors (Lipinski definition) is 2. The van der Waals surface area contributed by atoms with Gasteiger partial charge in [-0.1, -0.05) is 0 Å². The molecule has 6 rings (SSSR count). The van der Waals surface area contributed by atoms with Gasteiger partial charge in [-0.05, 0) is 37.5 Å². The molecule has 2 saturated heterocycles. The molecule has 10 nitrogen and oxygen atoms in total. The van der Waals surface area contributed by atoms with Crippen molar-refractivity contribution in [3.63, 3.8) is 0 Å². The first-order chi connectivity index (χ1) is 17.6. The summed E-state index contributed by atoms with van der Waals surface area (Å²) >= 11 is 1.69. The Morgan fingerprint density at radius 1 is 1.00 bits per heavy atom. The molecule has 0 saturated carbocycles. The molecule has 1 unspecified atom stereocenters. The Morgan fingerprint density at radius 3 is 2.50 bits per heavy atom. The number of rotatable bonds is 4. The van der Waals surface area contributed by atoms with E-state index in [2.05, 4.69) is 32.8 Å².